The van der Waals surface area contributed by atoms with Crippen LogP contribution in [-0.2, 0) is 0 Å². The van der Waals surface area contributed by atoms with Crippen molar-refractivity contribution in [3.05, 3.63) is 34.3 Å². The van der Waals surface area contributed by atoms with Gasteiger partial charge in [-0.15, -0.1) is 0 Å². The predicted molar refractivity (Wildman–Crippen MR) is 76.7 cm³/mol. The van der Waals surface area contributed by atoms with Gasteiger partial charge in [-0.05, 0) is 57.6 Å². The number of nitrogens with one attached hydrogen (secondary N) is 1. The van der Waals surface area contributed by atoms with E-state index in [0.717, 1.165) is 11.0 Å². The molecule has 2 rings (SSSR count). The third-order valence-electron chi connectivity index (χ3n) is 3.92. The van der Waals surface area contributed by atoms with Crippen LogP contribution in [0.25, 0.3) is 0 Å². The Balaban J connectivity index is 1.94. The molecule has 1 fully saturated rings. The minimum Gasteiger partial charge on any atom is -0.350 e. The maximum atomic E-state index is 12.0. The van der Waals surface area contributed by atoms with E-state index in [4.69, 9.17) is 0 Å². The van der Waals surface area contributed by atoms with Crippen molar-refractivity contribution in [2.24, 2.45) is 0 Å². The van der Waals surface area contributed by atoms with Gasteiger partial charge in [0.15, 0.2) is 0 Å². The molecule has 1 aromatic carbocycles. The van der Waals surface area contributed by atoms with Crippen molar-refractivity contribution in [2.45, 2.75) is 24.8 Å². The SMILES string of the molecule is CN(C)C1(CNC(=O)c2ccc(Br)cc2)CCC1. The molecule has 1 amide bonds. The van der Waals surface area contributed by atoms with E-state index >= 15 is 0 Å². The van der Waals surface area contributed by atoms with E-state index in [-0.39, 0.29) is 11.4 Å². The first-order chi connectivity index (χ1) is 8.53. The van der Waals surface area contributed by atoms with Crippen LogP contribution in [0.15, 0.2) is 28.7 Å². The Morgan fingerprint density at radius 3 is 2.39 bits per heavy atom. The van der Waals surface area contributed by atoms with E-state index in [1.165, 1.54) is 19.3 Å². The zero-order valence-electron chi connectivity index (χ0n) is 10.9. The van der Waals surface area contributed by atoms with Crippen LogP contribution in [0.4, 0.5) is 0 Å². The second kappa shape index (κ2) is 5.41. The topological polar surface area (TPSA) is 32.3 Å². The van der Waals surface area contributed by atoms with Gasteiger partial charge in [-0.1, -0.05) is 15.9 Å². The number of rotatable bonds is 4. The first-order valence-corrected chi connectivity index (χ1v) is 7.04. The van der Waals surface area contributed by atoms with Crippen LogP contribution in [-0.4, -0.2) is 37.0 Å². The van der Waals surface area contributed by atoms with E-state index in [0.29, 0.717) is 5.56 Å². The zero-order chi connectivity index (χ0) is 13.2. The molecule has 98 valence electrons. The Morgan fingerprint density at radius 1 is 1.33 bits per heavy atom. The molecule has 0 saturated heterocycles. The third-order valence-corrected chi connectivity index (χ3v) is 4.45. The van der Waals surface area contributed by atoms with Gasteiger partial charge in [0, 0.05) is 22.1 Å². The normalized spacial score (nSPS) is 17.3. The summed E-state index contributed by atoms with van der Waals surface area (Å²) in [5.74, 6) is 0.00984. The van der Waals surface area contributed by atoms with Crippen LogP contribution in [0.2, 0.25) is 0 Å². The molecule has 4 heteroatoms. The first kappa shape index (κ1) is 13.6. The molecule has 1 aliphatic carbocycles. The van der Waals surface area contributed by atoms with Crippen molar-refractivity contribution in [3.8, 4) is 0 Å². The lowest BCUT2D eigenvalue weighted by atomic mass is 9.75. The highest BCUT2D eigenvalue weighted by Crippen LogP contribution is 2.35. The van der Waals surface area contributed by atoms with Gasteiger partial charge in [-0.25, -0.2) is 0 Å². The lowest BCUT2D eigenvalue weighted by molar-refractivity contribution is 0.0557. The standard InChI is InChI=1S/C14H19BrN2O/c1-17(2)14(8-3-9-14)10-16-13(18)11-4-6-12(15)7-5-11/h4-7H,3,8-10H2,1-2H3,(H,16,18). The molecule has 1 N–H and O–H groups in total. The lowest BCUT2D eigenvalue weighted by Crippen LogP contribution is -2.57. The summed E-state index contributed by atoms with van der Waals surface area (Å²) >= 11 is 3.37. The number of hydrogen-bond acceptors (Lipinski definition) is 2. The Kier molecular flexibility index (Phi) is 4.07. The summed E-state index contributed by atoms with van der Waals surface area (Å²) < 4.78 is 0.989. The summed E-state index contributed by atoms with van der Waals surface area (Å²) in [5.41, 5.74) is 0.886. The second-order valence-corrected chi connectivity index (χ2v) is 6.08. The quantitative estimate of drug-likeness (QED) is 0.927. The highest BCUT2D eigenvalue weighted by atomic mass is 79.9. The molecule has 18 heavy (non-hydrogen) atoms. The molecular weight excluding hydrogens is 292 g/mol. The van der Waals surface area contributed by atoms with Crippen molar-refractivity contribution in [3.63, 3.8) is 0 Å². The Bertz CT molecular complexity index is 424. The molecule has 0 spiro atoms. The number of amides is 1. The minimum atomic E-state index is 0.00984. The fourth-order valence-electron chi connectivity index (χ4n) is 2.32. The van der Waals surface area contributed by atoms with Crippen molar-refractivity contribution < 1.29 is 4.79 Å². The maximum Gasteiger partial charge on any atom is 0.251 e. The molecule has 0 radical (unpaired) electrons. The monoisotopic (exact) mass is 310 g/mol. The number of nitrogens with zero attached hydrogens (tertiary/aromatic N) is 1. The van der Waals surface area contributed by atoms with Crippen LogP contribution in [0.3, 0.4) is 0 Å². The van der Waals surface area contributed by atoms with Crippen LogP contribution in [0, 0.1) is 0 Å². The highest BCUT2D eigenvalue weighted by Gasteiger charge is 2.39. The minimum absolute atomic E-state index is 0.00984. The Labute approximate surface area is 117 Å². The fourth-order valence-corrected chi connectivity index (χ4v) is 2.58. The molecule has 1 aromatic rings. The van der Waals surface area contributed by atoms with E-state index in [2.05, 4.69) is 40.2 Å². The summed E-state index contributed by atoms with van der Waals surface area (Å²) in [6.45, 7) is 0.731. The van der Waals surface area contributed by atoms with Crippen LogP contribution in [0.5, 0.6) is 0 Å². The molecule has 1 aliphatic rings. The number of halogens is 1. The van der Waals surface area contributed by atoms with Crippen LogP contribution in [0.1, 0.15) is 29.6 Å². The summed E-state index contributed by atoms with van der Waals surface area (Å²) in [6, 6.07) is 7.45. The van der Waals surface area contributed by atoms with E-state index in [9.17, 15) is 4.79 Å². The molecule has 3 nitrogen and oxygen atoms in total. The Morgan fingerprint density at radius 2 is 1.94 bits per heavy atom. The average molecular weight is 311 g/mol. The summed E-state index contributed by atoms with van der Waals surface area (Å²) in [4.78, 5) is 14.3. The van der Waals surface area contributed by atoms with Crippen molar-refractivity contribution in [2.75, 3.05) is 20.6 Å². The van der Waals surface area contributed by atoms with Gasteiger partial charge in [0.25, 0.3) is 5.91 Å². The number of carbonyl (C=O) groups is 1. The summed E-state index contributed by atoms with van der Waals surface area (Å²) in [7, 11) is 4.18. The molecule has 0 atom stereocenters. The lowest BCUT2D eigenvalue weighted by Gasteiger charge is -2.47. The molecule has 0 heterocycles. The third kappa shape index (κ3) is 2.75. The molecule has 0 aliphatic heterocycles. The fraction of sp³-hybridized carbons (Fsp3) is 0.500. The van der Waals surface area contributed by atoms with Crippen LogP contribution < -0.4 is 5.32 Å². The molecule has 0 bridgehead atoms. The van der Waals surface area contributed by atoms with Gasteiger partial charge < -0.3 is 10.2 Å². The van der Waals surface area contributed by atoms with Gasteiger partial charge >= 0.3 is 0 Å². The predicted octanol–water partition coefficient (Wildman–Crippen LogP) is 2.66. The van der Waals surface area contributed by atoms with E-state index in [1.807, 2.05) is 24.3 Å². The van der Waals surface area contributed by atoms with Gasteiger partial charge in [0.1, 0.15) is 0 Å². The smallest absolute Gasteiger partial charge is 0.251 e. The number of carbonyl (C=O) groups excluding carboxylic acids is 1. The number of likely N-dealkylation sites (N-methyl/N-ethyl adjacent to an activating group) is 1. The molecular formula is C14H19BrN2O. The van der Waals surface area contributed by atoms with Crippen molar-refractivity contribution in [1.29, 1.82) is 0 Å². The van der Waals surface area contributed by atoms with E-state index in [1.54, 1.807) is 0 Å². The summed E-state index contributed by atoms with van der Waals surface area (Å²) in [5, 5.41) is 3.05. The first-order valence-electron chi connectivity index (χ1n) is 6.25. The van der Waals surface area contributed by atoms with E-state index < -0.39 is 0 Å². The highest BCUT2D eigenvalue weighted by molar-refractivity contribution is 9.10. The van der Waals surface area contributed by atoms with Crippen molar-refractivity contribution >= 4 is 21.8 Å². The average Bonchev–Trinajstić information content (AvgIpc) is 2.27. The largest absolute Gasteiger partial charge is 0.350 e. The van der Waals surface area contributed by atoms with Gasteiger partial charge in [-0.2, -0.15) is 0 Å². The molecule has 0 unspecified atom stereocenters. The molecule has 0 aromatic heterocycles. The van der Waals surface area contributed by atoms with Gasteiger partial charge in [-0.3, -0.25) is 4.79 Å². The number of hydrogen-bond donors (Lipinski definition) is 1. The number of benzene rings is 1. The van der Waals surface area contributed by atoms with Crippen molar-refractivity contribution in [1.82, 2.24) is 10.2 Å². The zero-order valence-corrected chi connectivity index (χ0v) is 12.5. The Hall–Kier alpha value is -0.870. The summed E-state index contributed by atoms with van der Waals surface area (Å²) in [6.07, 6.45) is 3.59. The maximum absolute atomic E-state index is 12.0. The van der Waals surface area contributed by atoms with Crippen LogP contribution >= 0.6 is 15.9 Å². The van der Waals surface area contributed by atoms with Gasteiger partial charge in [0.05, 0.1) is 0 Å². The van der Waals surface area contributed by atoms with Gasteiger partial charge in [0.2, 0.25) is 0 Å². The second-order valence-electron chi connectivity index (χ2n) is 5.16. The molecule has 1 saturated carbocycles.